The van der Waals surface area contributed by atoms with Gasteiger partial charge in [0.15, 0.2) is 0 Å². The van der Waals surface area contributed by atoms with Crippen LogP contribution in [0.1, 0.15) is 54.6 Å². The van der Waals surface area contributed by atoms with Gasteiger partial charge in [-0.05, 0) is 111 Å². The Kier molecular flexibility index (Phi) is 6.65. The molecule has 5 aliphatic rings. The second kappa shape index (κ2) is 10.2. The first-order valence-corrected chi connectivity index (χ1v) is 15.4. The van der Waals surface area contributed by atoms with E-state index >= 15 is 0 Å². The van der Waals surface area contributed by atoms with Gasteiger partial charge in [-0.3, -0.25) is 9.59 Å². The lowest BCUT2D eigenvalue weighted by molar-refractivity contribution is -0.159. The predicted octanol–water partition coefficient (Wildman–Crippen LogP) is 6.62. The number of aromatic nitrogens is 1. The van der Waals surface area contributed by atoms with Gasteiger partial charge in [-0.1, -0.05) is 23.7 Å². The van der Waals surface area contributed by atoms with E-state index in [1.807, 2.05) is 66.4 Å². The van der Waals surface area contributed by atoms with E-state index in [1.54, 1.807) is 7.11 Å². The topological polar surface area (TPSA) is 54.8 Å². The van der Waals surface area contributed by atoms with Crippen LogP contribution in [0.4, 0.5) is 0 Å². The molecule has 0 radical (unpaired) electrons. The monoisotopic (exact) mass is 571 g/mol. The third-order valence-corrected chi connectivity index (χ3v) is 10.6. The molecule has 3 aromatic rings. The molecule has 0 N–H and O–H groups in total. The van der Waals surface area contributed by atoms with Crippen LogP contribution in [0.15, 0.2) is 54.6 Å². The maximum absolute atomic E-state index is 14.0. The Bertz CT molecular complexity index is 1450. The van der Waals surface area contributed by atoms with Gasteiger partial charge >= 0.3 is 0 Å². The minimum absolute atomic E-state index is 0.00460. The zero-order valence-electron chi connectivity index (χ0n) is 23.9. The molecule has 1 saturated heterocycles. The normalized spacial score (nSPS) is 26.9. The SMILES string of the molecule is COc1ccc(-c2cc(C(=O)N3CCN(C(=O)C45CC6CC(CC(C6)C4)C5)CC3)c(C)n2-c2ccccc2Cl)cc1. The minimum Gasteiger partial charge on any atom is -0.497 e. The Hall–Kier alpha value is -3.25. The van der Waals surface area contributed by atoms with E-state index in [2.05, 4.69) is 9.47 Å². The molecule has 214 valence electrons. The average molecular weight is 572 g/mol. The number of benzene rings is 2. The summed E-state index contributed by atoms with van der Waals surface area (Å²) in [5.41, 5.74) is 4.09. The molecule has 8 rings (SSSR count). The van der Waals surface area contributed by atoms with Crippen molar-refractivity contribution in [1.82, 2.24) is 14.4 Å². The fraction of sp³-hybridized carbons (Fsp3) is 0.471. The Morgan fingerprint density at radius 2 is 1.44 bits per heavy atom. The van der Waals surface area contributed by atoms with Gasteiger partial charge in [0.25, 0.3) is 5.91 Å². The van der Waals surface area contributed by atoms with Crippen molar-refractivity contribution in [2.75, 3.05) is 33.3 Å². The molecule has 4 saturated carbocycles. The van der Waals surface area contributed by atoms with Crippen LogP contribution in [0, 0.1) is 30.1 Å². The molecule has 5 fully saturated rings. The number of rotatable bonds is 5. The van der Waals surface area contributed by atoms with Gasteiger partial charge in [0.05, 0.1) is 34.5 Å². The molecule has 1 aliphatic heterocycles. The van der Waals surface area contributed by atoms with Gasteiger partial charge < -0.3 is 19.1 Å². The Balaban J connectivity index is 1.13. The van der Waals surface area contributed by atoms with Crippen LogP contribution in [-0.2, 0) is 4.79 Å². The molecule has 2 aromatic carbocycles. The number of piperazine rings is 1. The Morgan fingerprint density at radius 1 is 0.854 bits per heavy atom. The van der Waals surface area contributed by atoms with Gasteiger partial charge in [-0.15, -0.1) is 0 Å². The highest BCUT2D eigenvalue weighted by Gasteiger charge is 2.55. The van der Waals surface area contributed by atoms with Crippen molar-refractivity contribution in [3.63, 3.8) is 0 Å². The first-order valence-electron chi connectivity index (χ1n) is 15.1. The molecule has 41 heavy (non-hydrogen) atoms. The van der Waals surface area contributed by atoms with Crippen molar-refractivity contribution in [2.45, 2.75) is 45.4 Å². The molecular weight excluding hydrogens is 534 g/mol. The van der Waals surface area contributed by atoms with Gasteiger partial charge in [0.2, 0.25) is 5.91 Å². The molecule has 2 heterocycles. The number of hydrogen-bond donors (Lipinski definition) is 0. The third-order valence-electron chi connectivity index (χ3n) is 10.3. The predicted molar refractivity (Wildman–Crippen MR) is 161 cm³/mol. The number of carbonyl (C=O) groups is 2. The fourth-order valence-electron chi connectivity index (χ4n) is 8.73. The highest BCUT2D eigenvalue weighted by Crippen LogP contribution is 2.60. The first kappa shape index (κ1) is 26.6. The summed E-state index contributed by atoms with van der Waals surface area (Å²) in [6.45, 7) is 4.33. The molecule has 2 amide bonds. The van der Waals surface area contributed by atoms with E-state index in [9.17, 15) is 9.59 Å². The van der Waals surface area contributed by atoms with Gasteiger partial charge in [0, 0.05) is 31.9 Å². The third kappa shape index (κ3) is 4.55. The summed E-state index contributed by atoms with van der Waals surface area (Å²) in [4.78, 5) is 31.9. The quantitative estimate of drug-likeness (QED) is 0.346. The number of halogens is 1. The van der Waals surface area contributed by atoms with Crippen molar-refractivity contribution in [3.05, 3.63) is 70.9 Å². The molecular formula is C34H38ClN3O3. The zero-order chi connectivity index (χ0) is 28.3. The summed E-state index contributed by atoms with van der Waals surface area (Å²) in [5.74, 6) is 3.39. The lowest BCUT2D eigenvalue weighted by atomic mass is 9.49. The van der Waals surface area contributed by atoms with Gasteiger partial charge in [-0.2, -0.15) is 0 Å². The van der Waals surface area contributed by atoms with E-state index in [0.717, 1.165) is 65.4 Å². The van der Waals surface area contributed by atoms with E-state index < -0.39 is 0 Å². The standard InChI is InChI=1S/C34H38ClN3O3/c1-22-28(18-31(26-7-9-27(41-2)10-8-26)38(22)30-6-4-3-5-29(30)35)32(39)36-11-13-37(14-12-36)33(40)34-19-23-15-24(20-34)17-25(16-23)21-34/h3-10,18,23-25H,11-17,19-21H2,1-2H3. The lowest BCUT2D eigenvalue weighted by Crippen LogP contribution is -2.58. The summed E-state index contributed by atoms with van der Waals surface area (Å²) in [7, 11) is 1.65. The zero-order valence-corrected chi connectivity index (χ0v) is 24.7. The van der Waals surface area contributed by atoms with Gasteiger partial charge in [-0.25, -0.2) is 0 Å². The number of methoxy groups -OCH3 is 1. The number of para-hydroxylation sites is 1. The van der Waals surface area contributed by atoms with Crippen LogP contribution in [0.25, 0.3) is 16.9 Å². The van der Waals surface area contributed by atoms with Crippen LogP contribution < -0.4 is 4.74 Å². The molecule has 6 nitrogen and oxygen atoms in total. The van der Waals surface area contributed by atoms with E-state index in [-0.39, 0.29) is 11.3 Å². The van der Waals surface area contributed by atoms with Crippen molar-refractivity contribution in [3.8, 4) is 22.7 Å². The highest BCUT2D eigenvalue weighted by atomic mass is 35.5. The number of ether oxygens (including phenoxy) is 1. The molecule has 0 unspecified atom stereocenters. The van der Waals surface area contributed by atoms with Crippen molar-refractivity contribution >= 4 is 23.4 Å². The molecule has 1 aromatic heterocycles. The van der Waals surface area contributed by atoms with Crippen LogP contribution in [0.2, 0.25) is 5.02 Å². The summed E-state index contributed by atoms with van der Waals surface area (Å²) < 4.78 is 7.44. The maximum Gasteiger partial charge on any atom is 0.255 e. The largest absolute Gasteiger partial charge is 0.497 e. The van der Waals surface area contributed by atoms with Crippen LogP contribution in [0.5, 0.6) is 5.75 Å². The summed E-state index contributed by atoms with van der Waals surface area (Å²) in [5, 5.41) is 0.622. The first-order chi connectivity index (χ1) is 19.8. The number of carbonyl (C=O) groups excluding carboxylic acids is 2. The molecule has 7 heteroatoms. The van der Waals surface area contributed by atoms with Crippen LogP contribution in [0.3, 0.4) is 0 Å². The molecule has 0 atom stereocenters. The average Bonchev–Trinajstić information content (AvgIpc) is 3.32. The molecule has 4 aliphatic carbocycles. The highest BCUT2D eigenvalue weighted by molar-refractivity contribution is 6.32. The van der Waals surface area contributed by atoms with Crippen molar-refractivity contribution in [1.29, 1.82) is 0 Å². The summed E-state index contributed by atoms with van der Waals surface area (Å²) in [6.07, 6.45) is 7.25. The summed E-state index contributed by atoms with van der Waals surface area (Å²) >= 11 is 6.66. The maximum atomic E-state index is 14.0. The minimum atomic E-state index is -0.128. The second-order valence-corrected chi connectivity index (χ2v) is 13.2. The second-order valence-electron chi connectivity index (χ2n) is 12.8. The Morgan fingerprint density at radius 3 is 2.02 bits per heavy atom. The fourth-order valence-corrected chi connectivity index (χ4v) is 8.95. The van der Waals surface area contributed by atoms with E-state index in [1.165, 1.54) is 19.3 Å². The molecule has 4 bridgehead atoms. The van der Waals surface area contributed by atoms with Crippen molar-refractivity contribution < 1.29 is 14.3 Å². The van der Waals surface area contributed by atoms with Crippen LogP contribution >= 0.6 is 11.6 Å². The van der Waals surface area contributed by atoms with Gasteiger partial charge in [0.1, 0.15) is 5.75 Å². The smallest absolute Gasteiger partial charge is 0.255 e. The number of amides is 2. The van der Waals surface area contributed by atoms with Crippen molar-refractivity contribution in [2.24, 2.45) is 23.2 Å². The van der Waals surface area contributed by atoms with E-state index in [4.69, 9.17) is 16.3 Å². The van der Waals surface area contributed by atoms with E-state index in [0.29, 0.717) is 42.7 Å². The van der Waals surface area contributed by atoms with Crippen LogP contribution in [-0.4, -0.2) is 59.5 Å². The number of nitrogens with zero attached hydrogens (tertiary/aromatic N) is 3. The molecule has 0 spiro atoms. The Labute approximate surface area is 247 Å². The summed E-state index contributed by atoms with van der Waals surface area (Å²) in [6, 6.07) is 17.6. The number of hydrogen-bond acceptors (Lipinski definition) is 3. The lowest BCUT2D eigenvalue weighted by Gasteiger charge is -2.57.